The summed E-state index contributed by atoms with van der Waals surface area (Å²) in [5, 5.41) is 8.96. The highest BCUT2D eigenvalue weighted by Crippen LogP contribution is 2.27. The van der Waals surface area contributed by atoms with Crippen molar-refractivity contribution in [2.75, 3.05) is 13.1 Å². The molecule has 0 aliphatic heterocycles. The summed E-state index contributed by atoms with van der Waals surface area (Å²) in [4.78, 5) is 15.4. The number of nitrogens with zero attached hydrogens (tertiary/aromatic N) is 1. The van der Waals surface area contributed by atoms with Crippen molar-refractivity contribution in [3.8, 4) is 0 Å². The fourth-order valence-electron chi connectivity index (χ4n) is 1.86. The van der Waals surface area contributed by atoms with Gasteiger partial charge in [0.25, 0.3) is 0 Å². The van der Waals surface area contributed by atoms with E-state index in [9.17, 15) is 4.79 Å². The van der Waals surface area contributed by atoms with Gasteiger partial charge in [0, 0.05) is 22.3 Å². The van der Waals surface area contributed by atoms with Crippen LogP contribution in [-0.4, -0.2) is 29.1 Å². The zero-order chi connectivity index (χ0) is 13.0. The van der Waals surface area contributed by atoms with Crippen LogP contribution >= 0.6 is 11.3 Å². The number of aliphatic carboxylic acids is 1. The van der Waals surface area contributed by atoms with E-state index >= 15 is 0 Å². The van der Waals surface area contributed by atoms with Crippen molar-refractivity contribution in [2.45, 2.75) is 33.7 Å². The van der Waals surface area contributed by atoms with E-state index in [1.54, 1.807) is 11.3 Å². The average molecular weight is 255 g/mol. The van der Waals surface area contributed by atoms with Crippen LogP contribution in [0, 0.1) is 12.8 Å². The molecule has 0 bridgehead atoms. The minimum absolute atomic E-state index is 0.107. The lowest BCUT2D eigenvalue weighted by Gasteiger charge is -2.28. The fourth-order valence-corrected chi connectivity index (χ4v) is 2.82. The molecule has 1 N–H and O–H groups in total. The predicted molar refractivity (Wildman–Crippen MR) is 71.5 cm³/mol. The Bertz CT molecular complexity index is 373. The van der Waals surface area contributed by atoms with Gasteiger partial charge in [-0.1, -0.05) is 13.8 Å². The number of carboxylic acids is 1. The highest BCUT2D eigenvalue weighted by molar-refractivity contribution is 7.12. The second-order valence-electron chi connectivity index (χ2n) is 4.84. The van der Waals surface area contributed by atoms with Crippen LogP contribution in [0.4, 0.5) is 0 Å². The molecule has 0 amide bonds. The van der Waals surface area contributed by atoms with Crippen LogP contribution in [0.1, 0.15) is 36.6 Å². The van der Waals surface area contributed by atoms with Crippen LogP contribution < -0.4 is 0 Å². The first-order valence-corrected chi connectivity index (χ1v) is 6.74. The minimum Gasteiger partial charge on any atom is -0.480 e. The monoisotopic (exact) mass is 255 g/mol. The van der Waals surface area contributed by atoms with E-state index in [0.717, 1.165) is 6.54 Å². The Kier molecular flexibility index (Phi) is 5.15. The molecule has 1 atom stereocenters. The Balaban J connectivity index is 2.77. The molecule has 0 aliphatic carbocycles. The second kappa shape index (κ2) is 6.17. The Morgan fingerprint density at radius 3 is 2.47 bits per heavy atom. The van der Waals surface area contributed by atoms with Gasteiger partial charge in [-0.2, -0.15) is 0 Å². The number of aryl methyl sites for hydroxylation is 1. The van der Waals surface area contributed by atoms with Gasteiger partial charge in [0.15, 0.2) is 0 Å². The van der Waals surface area contributed by atoms with Gasteiger partial charge in [-0.05, 0) is 31.9 Å². The van der Waals surface area contributed by atoms with Crippen LogP contribution in [0.15, 0.2) is 12.1 Å². The molecule has 4 heteroatoms. The third-order valence-electron chi connectivity index (χ3n) is 2.66. The maximum Gasteiger partial charge on any atom is 0.317 e. The molecule has 0 saturated heterocycles. The number of rotatable bonds is 6. The lowest BCUT2D eigenvalue weighted by atomic mass is 10.1. The topological polar surface area (TPSA) is 40.5 Å². The van der Waals surface area contributed by atoms with Gasteiger partial charge in [0.1, 0.15) is 0 Å². The zero-order valence-electron chi connectivity index (χ0n) is 10.9. The molecule has 1 rings (SSSR count). The van der Waals surface area contributed by atoms with Crippen molar-refractivity contribution in [1.29, 1.82) is 0 Å². The number of hydrogen-bond donors (Lipinski definition) is 1. The number of carboxylic acid groups (broad SMARTS) is 1. The molecule has 96 valence electrons. The van der Waals surface area contributed by atoms with Gasteiger partial charge in [-0.3, -0.25) is 9.69 Å². The molecule has 17 heavy (non-hydrogen) atoms. The number of hydrogen-bond acceptors (Lipinski definition) is 3. The molecule has 0 fully saturated rings. The first-order chi connectivity index (χ1) is 7.90. The van der Waals surface area contributed by atoms with Crippen molar-refractivity contribution in [3.05, 3.63) is 21.9 Å². The molecular formula is C13H21NO2S. The van der Waals surface area contributed by atoms with Crippen LogP contribution in [0.3, 0.4) is 0 Å². The summed E-state index contributed by atoms with van der Waals surface area (Å²) in [6, 6.07) is 4.36. The maximum atomic E-state index is 10.9. The van der Waals surface area contributed by atoms with Gasteiger partial charge >= 0.3 is 5.97 Å². The second-order valence-corrected chi connectivity index (χ2v) is 6.16. The smallest absolute Gasteiger partial charge is 0.317 e. The Morgan fingerprint density at radius 2 is 2.06 bits per heavy atom. The lowest BCUT2D eigenvalue weighted by molar-refractivity contribution is -0.139. The van der Waals surface area contributed by atoms with E-state index in [-0.39, 0.29) is 12.6 Å². The summed E-state index contributed by atoms with van der Waals surface area (Å²) in [6.45, 7) is 9.30. The van der Waals surface area contributed by atoms with E-state index in [1.807, 2.05) is 4.90 Å². The number of carbonyl (C=O) groups is 1. The Hall–Kier alpha value is -0.870. The van der Waals surface area contributed by atoms with Crippen molar-refractivity contribution < 1.29 is 9.90 Å². The summed E-state index contributed by atoms with van der Waals surface area (Å²) in [6.07, 6.45) is 0. The molecule has 1 aromatic rings. The average Bonchev–Trinajstić information content (AvgIpc) is 2.61. The molecule has 0 saturated carbocycles. The standard InChI is InChI=1S/C13H21NO2S/c1-9(2)7-14(8-13(15)16)11(4)12-6-5-10(3)17-12/h5-6,9,11H,7-8H2,1-4H3,(H,15,16). The highest BCUT2D eigenvalue weighted by atomic mass is 32.1. The lowest BCUT2D eigenvalue weighted by Crippen LogP contribution is -2.34. The van der Waals surface area contributed by atoms with Gasteiger partial charge in [0.05, 0.1) is 6.54 Å². The Morgan fingerprint density at radius 1 is 1.41 bits per heavy atom. The zero-order valence-corrected chi connectivity index (χ0v) is 11.8. The van der Waals surface area contributed by atoms with E-state index in [0.29, 0.717) is 5.92 Å². The predicted octanol–water partition coefficient (Wildman–Crippen LogP) is 3.16. The quantitative estimate of drug-likeness (QED) is 0.849. The van der Waals surface area contributed by atoms with Gasteiger partial charge in [0.2, 0.25) is 0 Å². The first kappa shape index (κ1) is 14.2. The van der Waals surface area contributed by atoms with E-state index in [4.69, 9.17) is 5.11 Å². The summed E-state index contributed by atoms with van der Waals surface area (Å²) in [7, 11) is 0. The van der Waals surface area contributed by atoms with E-state index < -0.39 is 5.97 Å². The van der Waals surface area contributed by atoms with Gasteiger partial charge in [-0.25, -0.2) is 0 Å². The van der Waals surface area contributed by atoms with Crippen molar-refractivity contribution in [1.82, 2.24) is 4.90 Å². The molecule has 1 unspecified atom stereocenters. The van der Waals surface area contributed by atoms with E-state index in [1.165, 1.54) is 9.75 Å². The largest absolute Gasteiger partial charge is 0.480 e. The summed E-state index contributed by atoms with van der Waals surface area (Å²) < 4.78 is 0. The van der Waals surface area contributed by atoms with Crippen molar-refractivity contribution in [2.24, 2.45) is 5.92 Å². The summed E-state index contributed by atoms with van der Waals surface area (Å²) >= 11 is 1.74. The third-order valence-corrected chi connectivity index (χ3v) is 3.83. The fraction of sp³-hybridized carbons (Fsp3) is 0.615. The van der Waals surface area contributed by atoms with Crippen molar-refractivity contribution >= 4 is 17.3 Å². The third kappa shape index (κ3) is 4.48. The molecule has 0 aliphatic rings. The molecule has 1 heterocycles. The van der Waals surface area contributed by atoms with E-state index in [2.05, 4.69) is 39.8 Å². The van der Waals surface area contributed by atoms with Crippen LogP contribution in [0.5, 0.6) is 0 Å². The maximum absolute atomic E-state index is 10.9. The molecule has 1 aromatic heterocycles. The summed E-state index contributed by atoms with van der Waals surface area (Å²) in [5.41, 5.74) is 0. The molecule has 3 nitrogen and oxygen atoms in total. The highest BCUT2D eigenvalue weighted by Gasteiger charge is 2.20. The molecule has 0 radical (unpaired) electrons. The van der Waals surface area contributed by atoms with Gasteiger partial charge in [-0.15, -0.1) is 11.3 Å². The van der Waals surface area contributed by atoms with Crippen molar-refractivity contribution in [3.63, 3.8) is 0 Å². The minimum atomic E-state index is -0.759. The first-order valence-electron chi connectivity index (χ1n) is 5.92. The van der Waals surface area contributed by atoms with Crippen LogP contribution in [-0.2, 0) is 4.79 Å². The SMILES string of the molecule is Cc1ccc(C(C)N(CC(=O)O)CC(C)C)s1. The molecule has 0 spiro atoms. The Labute approximate surface area is 107 Å². The molecule has 0 aromatic carbocycles. The van der Waals surface area contributed by atoms with Crippen LogP contribution in [0.25, 0.3) is 0 Å². The molecular weight excluding hydrogens is 234 g/mol. The number of thiophene rings is 1. The van der Waals surface area contributed by atoms with Crippen LogP contribution in [0.2, 0.25) is 0 Å². The summed E-state index contributed by atoms with van der Waals surface area (Å²) in [5.74, 6) is -0.288. The van der Waals surface area contributed by atoms with Gasteiger partial charge < -0.3 is 5.11 Å². The normalized spacial score (nSPS) is 13.3.